The number of hydrogen-bond donors (Lipinski definition) is 0. The molecule has 0 amide bonds. The molecular formula is C7H18B2. The summed E-state index contributed by atoms with van der Waals surface area (Å²) in [6, 6.07) is 0. The van der Waals surface area contributed by atoms with Crippen LogP contribution in [0.25, 0.3) is 0 Å². The van der Waals surface area contributed by atoms with Gasteiger partial charge in [-0.25, -0.2) is 0 Å². The van der Waals surface area contributed by atoms with E-state index >= 15 is 0 Å². The van der Waals surface area contributed by atoms with Crippen LogP contribution in [0.2, 0.25) is 18.5 Å². The Morgan fingerprint density at radius 1 is 1.56 bits per heavy atom. The summed E-state index contributed by atoms with van der Waals surface area (Å²) in [5.41, 5.74) is 0. The predicted octanol–water partition coefficient (Wildman–Crippen LogP) is 1.50. The summed E-state index contributed by atoms with van der Waals surface area (Å²) in [6.45, 7) is 6.94. The molecule has 0 aromatic heterocycles. The Morgan fingerprint density at radius 2 is 2.11 bits per heavy atom. The highest BCUT2D eigenvalue weighted by Gasteiger charge is 2.17. The van der Waals surface area contributed by atoms with Crippen molar-refractivity contribution < 1.29 is 0 Å². The Kier molecular flexibility index (Phi) is 4.09. The molecule has 0 aliphatic carbocycles. The van der Waals surface area contributed by atoms with Crippen LogP contribution in [0.15, 0.2) is 0 Å². The van der Waals surface area contributed by atoms with E-state index in [9.17, 15) is 0 Å². The lowest BCUT2D eigenvalue weighted by atomic mass is 9.49. The van der Waals surface area contributed by atoms with Gasteiger partial charge >= 0.3 is 0 Å². The molecular weight excluding hydrogens is 106 g/mol. The Hall–Kier alpha value is 0.130. The van der Waals surface area contributed by atoms with Gasteiger partial charge in [-0.15, -0.1) is 0 Å². The van der Waals surface area contributed by atoms with Crippen molar-refractivity contribution in [2.75, 3.05) is 0 Å². The summed E-state index contributed by atoms with van der Waals surface area (Å²) in [6.07, 6.45) is 4.05. The first kappa shape index (κ1) is 9.13. The first-order valence-electron chi connectivity index (χ1n) is 4.18. The molecule has 0 saturated carbocycles. The standard InChI is InChI=1S/C7H18B2/c1-4-5-7(2,6-8)9-3/h9H,4-6,8H2,1-3H3/t7-/m1/s1. The topological polar surface area (TPSA) is 0 Å². The van der Waals surface area contributed by atoms with Crippen LogP contribution >= 0.6 is 0 Å². The van der Waals surface area contributed by atoms with Crippen LogP contribution in [0.5, 0.6) is 0 Å². The average Bonchev–Trinajstić information content (AvgIpc) is 1.89. The minimum absolute atomic E-state index is 0.634. The third kappa shape index (κ3) is 2.98. The van der Waals surface area contributed by atoms with Gasteiger partial charge in [0.1, 0.15) is 15.1 Å². The highest BCUT2D eigenvalue weighted by atomic mass is 14.1. The molecule has 0 N–H and O–H groups in total. The van der Waals surface area contributed by atoms with Gasteiger partial charge in [0.05, 0.1) is 0 Å². The molecule has 2 heteroatoms. The van der Waals surface area contributed by atoms with E-state index in [4.69, 9.17) is 0 Å². The summed E-state index contributed by atoms with van der Waals surface area (Å²) in [5.74, 6) is 0. The van der Waals surface area contributed by atoms with Crippen LogP contribution in [0.3, 0.4) is 0 Å². The third-order valence-corrected chi connectivity index (χ3v) is 2.56. The van der Waals surface area contributed by atoms with Crippen molar-refractivity contribution in [1.29, 1.82) is 0 Å². The van der Waals surface area contributed by atoms with Crippen molar-refractivity contribution in [2.45, 2.75) is 45.1 Å². The highest BCUT2D eigenvalue weighted by molar-refractivity contribution is 6.40. The second-order valence-corrected chi connectivity index (χ2v) is 3.27. The summed E-state index contributed by atoms with van der Waals surface area (Å²) >= 11 is 0. The fourth-order valence-corrected chi connectivity index (χ4v) is 1.21. The van der Waals surface area contributed by atoms with E-state index in [1.54, 1.807) is 0 Å². The summed E-state index contributed by atoms with van der Waals surface area (Å²) in [7, 11) is 3.62. The van der Waals surface area contributed by atoms with Gasteiger partial charge in [-0.1, -0.05) is 45.1 Å². The zero-order chi connectivity index (χ0) is 7.33. The molecule has 52 valence electrons. The van der Waals surface area contributed by atoms with Crippen molar-refractivity contribution in [3.8, 4) is 0 Å². The molecule has 0 aliphatic heterocycles. The van der Waals surface area contributed by atoms with E-state index in [1.807, 2.05) is 0 Å². The zero-order valence-electron chi connectivity index (χ0n) is 7.33. The van der Waals surface area contributed by atoms with Crippen molar-refractivity contribution in [3.63, 3.8) is 0 Å². The molecule has 0 unspecified atom stereocenters. The first-order chi connectivity index (χ1) is 4.18. The van der Waals surface area contributed by atoms with Gasteiger partial charge in [0, 0.05) is 0 Å². The van der Waals surface area contributed by atoms with Crippen molar-refractivity contribution >= 4 is 15.1 Å². The molecule has 0 rings (SSSR count). The summed E-state index contributed by atoms with van der Waals surface area (Å²) in [5, 5.41) is 0.634. The Morgan fingerprint density at radius 3 is 2.22 bits per heavy atom. The lowest BCUT2D eigenvalue weighted by Crippen LogP contribution is -2.13. The minimum Gasteiger partial charge on any atom is -0.0889 e. The van der Waals surface area contributed by atoms with Gasteiger partial charge in [-0.2, -0.15) is 0 Å². The second kappa shape index (κ2) is 4.03. The van der Waals surface area contributed by atoms with Crippen LogP contribution < -0.4 is 0 Å². The van der Waals surface area contributed by atoms with Gasteiger partial charge in [0.2, 0.25) is 0 Å². The largest absolute Gasteiger partial charge is 0.123 e. The lowest BCUT2D eigenvalue weighted by Gasteiger charge is -2.24. The Labute approximate surface area is 61.1 Å². The molecule has 0 aromatic rings. The minimum atomic E-state index is 0.634. The SMILES string of the molecule is BC[C@](C)(BC)CCC. The van der Waals surface area contributed by atoms with E-state index in [-0.39, 0.29) is 0 Å². The quantitative estimate of drug-likeness (QED) is 0.498. The molecule has 0 bridgehead atoms. The fourth-order valence-electron chi connectivity index (χ4n) is 1.21. The van der Waals surface area contributed by atoms with E-state index in [2.05, 4.69) is 28.5 Å². The predicted molar refractivity (Wildman–Crippen MR) is 49.6 cm³/mol. The van der Waals surface area contributed by atoms with Crippen molar-refractivity contribution in [2.24, 2.45) is 0 Å². The Bertz CT molecular complexity index is 67.3. The third-order valence-electron chi connectivity index (χ3n) is 2.56. The van der Waals surface area contributed by atoms with E-state index in [1.165, 1.54) is 26.4 Å². The maximum Gasteiger partial charge on any atom is 0.123 e. The molecule has 0 nitrogen and oxygen atoms in total. The maximum absolute atomic E-state index is 2.39. The molecule has 0 aromatic carbocycles. The normalized spacial score (nSPS) is 16.8. The Balaban J connectivity index is 3.62. The van der Waals surface area contributed by atoms with Crippen LogP contribution in [0.4, 0.5) is 0 Å². The van der Waals surface area contributed by atoms with Crippen LogP contribution in [-0.2, 0) is 0 Å². The van der Waals surface area contributed by atoms with E-state index < -0.39 is 0 Å². The van der Waals surface area contributed by atoms with Crippen LogP contribution in [-0.4, -0.2) is 15.1 Å². The van der Waals surface area contributed by atoms with Gasteiger partial charge < -0.3 is 0 Å². The molecule has 0 aliphatic rings. The highest BCUT2D eigenvalue weighted by Crippen LogP contribution is 2.33. The van der Waals surface area contributed by atoms with Gasteiger partial charge in [-0.3, -0.25) is 0 Å². The first-order valence-corrected chi connectivity index (χ1v) is 4.18. The number of rotatable bonds is 4. The molecule has 9 heavy (non-hydrogen) atoms. The van der Waals surface area contributed by atoms with E-state index in [0.29, 0.717) is 5.31 Å². The molecule has 1 atom stereocenters. The fraction of sp³-hybridized carbons (Fsp3) is 1.00. The van der Waals surface area contributed by atoms with Gasteiger partial charge in [0.15, 0.2) is 0 Å². The zero-order valence-corrected chi connectivity index (χ0v) is 7.33. The number of hydrogen-bond acceptors (Lipinski definition) is 0. The lowest BCUT2D eigenvalue weighted by molar-refractivity contribution is 0.593. The van der Waals surface area contributed by atoms with Gasteiger partial charge in [-0.05, 0) is 0 Å². The average molecular weight is 124 g/mol. The van der Waals surface area contributed by atoms with Crippen molar-refractivity contribution in [1.82, 2.24) is 0 Å². The summed E-state index contributed by atoms with van der Waals surface area (Å²) in [4.78, 5) is 0. The van der Waals surface area contributed by atoms with Crippen molar-refractivity contribution in [3.05, 3.63) is 0 Å². The molecule has 0 spiro atoms. The molecule has 0 heterocycles. The molecule has 0 radical (unpaired) electrons. The van der Waals surface area contributed by atoms with E-state index in [0.717, 1.165) is 0 Å². The maximum atomic E-state index is 2.39. The van der Waals surface area contributed by atoms with Crippen LogP contribution in [0, 0.1) is 0 Å². The molecule has 0 fully saturated rings. The monoisotopic (exact) mass is 124 g/mol. The van der Waals surface area contributed by atoms with Gasteiger partial charge in [0.25, 0.3) is 0 Å². The summed E-state index contributed by atoms with van der Waals surface area (Å²) < 4.78 is 0. The molecule has 0 saturated heterocycles. The van der Waals surface area contributed by atoms with Crippen LogP contribution in [0.1, 0.15) is 26.7 Å². The second-order valence-electron chi connectivity index (χ2n) is 3.27. The smallest absolute Gasteiger partial charge is 0.0889 e.